The van der Waals surface area contributed by atoms with Gasteiger partial charge in [0.15, 0.2) is 11.7 Å². The van der Waals surface area contributed by atoms with Crippen LogP contribution in [0.5, 0.6) is 5.75 Å². The van der Waals surface area contributed by atoms with Crippen LogP contribution in [0.25, 0.3) is 11.3 Å². The van der Waals surface area contributed by atoms with Crippen LogP contribution in [0.3, 0.4) is 0 Å². The highest BCUT2D eigenvalue weighted by atomic mass is 32.1. The number of para-hydroxylation sites is 1. The second-order valence-corrected chi connectivity index (χ2v) is 5.71. The molecule has 3 rings (SSSR count). The van der Waals surface area contributed by atoms with Crippen molar-refractivity contribution >= 4 is 28.3 Å². The average Bonchev–Trinajstić information content (AvgIpc) is 3.23. The first-order chi connectivity index (χ1) is 11.6. The van der Waals surface area contributed by atoms with Crippen molar-refractivity contribution in [3.05, 3.63) is 53.7 Å². The Hall–Kier alpha value is -3.13. The zero-order valence-corrected chi connectivity index (χ0v) is 13.3. The van der Waals surface area contributed by atoms with Gasteiger partial charge in [-0.05, 0) is 18.2 Å². The number of nitrogens with two attached hydrogens (primary N) is 1. The summed E-state index contributed by atoms with van der Waals surface area (Å²) in [7, 11) is 0. The Bertz CT molecular complexity index is 857. The topological polar surface area (TPSA) is 110 Å². The third kappa shape index (κ3) is 3.79. The molecule has 0 saturated heterocycles. The van der Waals surface area contributed by atoms with E-state index in [1.54, 1.807) is 29.8 Å². The first-order valence-electron chi connectivity index (χ1n) is 7.03. The van der Waals surface area contributed by atoms with Crippen molar-refractivity contribution in [1.29, 1.82) is 0 Å². The maximum atomic E-state index is 11.9. The zero-order chi connectivity index (χ0) is 16.9. The van der Waals surface area contributed by atoms with E-state index in [1.807, 2.05) is 18.2 Å². The molecule has 0 aliphatic heterocycles. The molecule has 0 saturated carbocycles. The number of thiazole rings is 1. The van der Waals surface area contributed by atoms with Crippen molar-refractivity contribution in [1.82, 2.24) is 9.97 Å². The van der Waals surface area contributed by atoms with Crippen molar-refractivity contribution < 1.29 is 14.3 Å². The number of hydrogen-bond donors (Lipinski definition) is 3. The molecule has 0 fully saturated rings. The van der Waals surface area contributed by atoms with Crippen LogP contribution < -0.4 is 15.8 Å². The van der Waals surface area contributed by atoms with Crippen molar-refractivity contribution in [2.75, 3.05) is 11.9 Å². The maximum Gasteiger partial charge on any atom is 0.265 e. The van der Waals surface area contributed by atoms with Crippen LogP contribution in [0.15, 0.2) is 48.0 Å². The number of hydrogen-bond acceptors (Lipinski definition) is 5. The summed E-state index contributed by atoms with van der Waals surface area (Å²) in [5, 5.41) is 4.91. The summed E-state index contributed by atoms with van der Waals surface area (Å²) < 4.78 is 5.37. The van der Waals surface area contributed by atoms with Crippen molar-refractivity contribution in [3.8, 4) is 17.0 Å². The van der Waals surface area contributed by atoms with Crippen LogP contribution in [0, 0.1) is 0 Å². The summed E-state index contributed by atoms with van der Waals surface area (Å²) in [6.45, 7) is -0.102. The highest BCUT2D eigenvalue weighted by Crippen LogP contribution is 2.25. The van der Waals surface area contributed by atoms with Crippen LogP contribution in [-0.4, -0.2) is 28.4 Å². The minimum Gasteiger partial charge on any atom is -0.484 e. The molecule has 0 aliphatic carbocycles. The Kier molecular flexibility index (Phi) is 4.57. The Balaban J connectivity index is 1.59. The van der Waals surface area contributed by atoms with Crippen LogP contribution in [-0.2, 0) is 4.79 Å². The standard InChI is InChI=1S/C16H14N4O3S/c17-15(22)12-6-10(7-18-12)13-9-24-16(19-13)20-14(21)8-23-11-4-2-1-3-5-11/h1-7,9,18H,8H2,(H2,17,22)(H,19,20,21). The van der Waals surface area contributed by atoms with E-state index < -0.39 is 5.91 Å². The molecule has 8 heteroatoms. The normalized spacial score (nSPS) is 10.3. The fourth-order valence-corrected chi connectivity index (χ4v) is 2.71. The molecule has 0 aliphatic rings. The van der Waals surface area contributed by atoms with E-state index in [9.17, 15) is 9.59 Å². The number of carbonyl (C=O) groups excluding carboxylic acids is 2. The highest BCUT2D eigenvalue weighted by molar-refractivity contribution is 7.14. The molecule has 7 nitrogen and oxygen atoms in total. The number of ether oxygens (including phenoxy) is 1. The van der Waals surface area contributed by atoms with Crippen LogP contribution in [0.2, 0.25) is 0 Å². The first-order valence-corrected chi connectivity index (χ1v) is 7.91. The quantitative estimate of drug-likeness (QED) is 0.638. The van der Waals surface area contributed by atoms with Gasteiger partial charge in [-0.2, -0.15) is 0 Å². The molecule has 4 N–H and O–H groups in total. The predicted octanol–water partition coefficient (Wildman–Crippen LogP) is 2.25. The molecule has 2 aromatic heterocycles. The summed E-state index contributed by atoms with van der Waals surface area (Å²) in [6, 6.07) is 10.7. The Morgan fingerprint density at radius 2 is 2.08 bits per heavy atom. The number of nitrogens with one attached hydrogen (secondary N) is 2. The second-order valence-electron chi connectivity index (χ2n) is 4.85. The first kappa shape index (κ1) is 15.8. The fraction of sp³-hybridized carbons (Fsp3) is 0.0625. The van der Waals surface area contributed by atoms with Crippen LogP contribution in [0.1, 0.15) is 10.5 Å². The van der Waals surface area contributed by atoms with E-state index in [0.717, 1.165) is 5.56 Å². The molecule has 3 aromatic rings. The SMILES string of the molecule is NC(=O)c1cc(-c2csc(NC(=O)COc3ccccc3)n2)c[nH]1. The molecule has 0 atom stereocenters. The van der Waals surface area contributed by atoms with E-state index >= 15 is 0 Å². The van der Waals surface area contributed by atoms with Crippen molar-refractivity contribution in [2.45, 2.75) is 0 Å². The van der Waals surface area contributed by atoms with Gasteiger partial charge in [-0.3, -0.25) is 14.9 Å². The summed E-state index contributed by atoms with van der Waals surface area (Å²) >= 11 is 1.28. The number of anilines is 1. The molecule has 0 bridgehead atoms. The number of rotatable bonds is 6. The van der Waals surface area contributed by atoms with Gasteiger partial charge in [-0.15, -0.1) is 11.3 Å². The maximum absolute atomic E-state index is 11.9. The van der Waals surface area contributed by atoms with E-state index in [0.29, 0.717) is 22.3 Å². The van der Waals surface area contributed by atoms with Gasteiger partial charge in [0, 0.05) is 17.1 Å². The number of aromatic amines is 1. The Morgan fingerprint density at radius 3 is 2.79 bits per heavy atom. The third-order valence-corrected chi connectivity index (χ3v) is 3.87. The lowest BCUT2D eigenvalue weighted by molar-refractivity contribution is -0.118. The zero-order valence-electron chi connectivity index (χ0n) is 12.5. The Labute approximate surface area is 141 Å². The molecule has 0 unspecified atom stereocenters. The van der Waals surface area contributed by atoms with Crippen LogP contribution >= 0.6 is 11.3 Å². The average molecular weight is 342 g/mol. The summed E-state index contributed by atoms with van der Waals surface area (Å²) in [5.74, 6) is -0.214. The number of H-pyrrole nitrogens is 1. The smallest absolute Gasteiger partial charge is 0.265 e. The van der Waals surface area contributed by atoms with Gasteiger partial charge in [0.2, 0.25) is 0 Å². The lowest BCUT2D eigenvalue weighted by Crippen LogP contribution is -2.19. The third-order valence-electron chi connectivity index (χ3n) is 3.11. The molecule has 0 radical (unpaired) electrons. The van der Waals surface area contributed by atoms with Gasteiger partial charge in [0.25, 0.3) is 11.8 Å². The molecule has 2 amide bonds. The monoisotopic (exact) mass is 342 g/mol. The molecular weight excluding hydrogens is 328 g/mol. The lowest BCUT2D eigenvalue weighted by atomic mass is 10.2. The largest absolute Gasteiger partial charge is 0.484 e. The van der Waals surface area contributed by atoms with Gasteiger partial charge in [-0.25, -0.2) is 4.98 Å². The minimum atomic E-state index is -0.539. The second kappa shape index (κ2) is 6.97. The highest BCUT2D eigenvalue weighted by Gasteiger charge is 2.11. The summed E-state index contributed by atoms with van der Waals surface area (Å²) in [5.41, 5.74) is 6.87. The molecule has 2 heterocycles. The number of aromatic nitrogens is 2. The molecular formula is C16H14N4O3S. The van der Waals surface area contributed by atoms with E-state index in [4.69, 9.17) is 10.5 Å². The number of amides is 2. The lowest BCUT2D eigenvalue weighted by Gasteiger charge is -2.05. The number of benzene rings is 1. The van der Waals surface area contributed by atoms with Crippen LogP contribution in [0.4, 0.5) is 5.13 Å². The van der Waals surface area contributed by atoms with Gasteiger partial charge >= 0.3 is 0 Å². The van der Waals surface area contributed by atoms with Crippen molar-refractivity contribution in [2.24, 2.45) is 5.73 Å². The minimum absolute atomic E-state index is 0.102. The van der Waals surface area contributed by atoms with Gasteiger partial charge in [0.05, 0.1) is 5.69 Å². The number of carbonyl (C=O) groups is 2. The van der Waals surface area contributed by atoms with E-state index in [2.05, 4.69) is 15.3 Å². The summed E-state index contributed by atoms with van der Waals surface area (Å²) in [4.78, 5) is 30.1. The van der Waals surface area contributed by atoms with Gasteiger partial charge in [-0.1, -0.05) is 18.2 Å². The number of primary amides is 1. The van der Waals surface area contributed by atoms with E-state index in [1.165, 1.54) is 11.3 Å². The van der Waals surface area contributed by atoms with E-state index in [-0.39, 0.29) is 12.5 Å². The predicted molar refractivity (Wildman–Crippen MR) is 91.0 cm³/mol. The molecule has 0 spiro atoms. The molecule has 24 heavy (non-hydrogen) atoms. The van der Waals surface area contributed by atoms with Gasteiger partial charge < -0.3 is 15.5 Å². The van der Waals surface area contributed by atoms with Gasteiger partial charge in [0.1, 0.15) is 11.4 Å². The fourth-order valence-electron chi connectivity index (χ4n) is 1.97. The Morgan fingerprint density at radius 1 is 1.29 bits per heavy atom. The molecule has 1 aromatic carbocycles. The molecule has 122 valence electrons. The number of nitrogens with zero attached hydrogens (tertiary/aromatic N) is 1. The summed E-state index contributed by atoms with van der Waals surface area (Å²) in [6.07, 6.45) is 1.64. The van der Waals surface area contributed by atoms with Crippen molar-refractivity contribution in [3.63, 3.8) is 0 Å².